The molecule has 0 amide bonds. The number of anilines is 3. The summed E-state index contributed by atoms with van der Waals surface area (Å²) in [6.45, 7) is 3.30. The first-order chi connectivity index (χ1) is 14.7. The maximum atomic E-state index is 9.48. The fourth-order valence-electron chi connectivity index (χ4n) is 4.09. The van der Waals surface area contributed by atoms with Gasteiger partial charge in [-0.05, 0) is 55.2 Å². The van der Waals surface area contributed by atoms with Crippen molar-refractivity contribution in [2.45, 2.75) is 32.4 Å². The Hall–Kier alpha value is -3.45. The van der Waals surface area contributed by atoms with Crippen LogP contribution in [0, 0.1) is 0 Å². The number of pyridine rings is 2. The van der Waals surface area contributed by atoms with Gasteiger partial charge in [0.05, 0.1) is 12.3 Å². The minimum Gasteiger partial charge on any atom is -0.392 e. The van der Waals surface area contributed by atoms with Crippen LogP contribution in [0.25, 0.3) is 16.8 Å². The normalized spacial score (nSPS) is 16.3. The predicted octanol–water partition coefficient (Wildman–Crippen LogP) is 4.02. The Balaban J connectivity index is 1.52. The van der Waals surface area contributed by atoms with Gasteiger partial charge < -0.3 is 15.3 Å². The number of hydrogen-bond donors (Lipinski definition) is 2. The topological polar surface area (TPSA) is 78.6 Å². The quantitative estimate of drug-likeness (QED) is 0.527. The van der Waals surface area contributed by atoms with Gasteiger partial charge in [-0.2, -0.15) is 5.10 Å². The molecule has 3 aromatic heterocycles. The third kappa shape index (κ3) is 3.48. The lowest BCUT2D eigenvalue weighted by atomic mass is 10.0. The number of aliphatic hydroxyl groups is 1. The fraction of sp³-hybridized carbons (Fsp3) is 0.261. The molecule has 4 heterocycles. The summed E-state index contributed by atoms with van der Waals surface area (Å²) in [4.78, 5) is 11.6. The van der Waals surface area contributed by atoms with E-state index in [1.54, 1.807) is 10.8 Å². The number of hydrogen-bond acceptors (Lipinski definition) is 6. The lowest BCUT2D eigenvalue weighted by Crippen LogP contribution is -2.27. The van der Waals surface area contributed by atoms with E-state index >= 15 is 0 Å². The highest BCUT2D eigenvalue weighted by Crippen LogP contribution is 2.29. The monoisotopic (exact) mass is 400 g/mol. The zero-order valence-corrected chi connectivity index (χ0v) is 16.9. The Morgan fingerprint density at radius 1 is 1.13 bits per heavy atom. The zero-order chi connectivity index (χ0) is 20.5. The summed E-state index contributed by atoms with van der Waals surface area (Å²) in [7, 11) is 0. The maximum Gasteiger partial charge on any atom is 0.178 e. The zero-order valence-electron chi connectivity index (χ0n) is 16.9. The largest absolute Gasteiger partial charge is 0.392 e. The second kappa shape index (κ2) is 7.76. The van der Waals surface area contributed by atoms with Crippen molar-refractivity contribution in [3.05, 3.63) is 66.6 Å². The standard InChI is InChI=1S/C23H24N6O/c1-16-5-4-10-28(16)22-9-3-8-21(27-22)26-20-12-19(13-29-23(20)24-15-25-29)18-7-2-6-17(11-18)14-30/h2-3,6-9,11-13,15-16,30H,4-5,10,14H2,1H3,(H,26,27)/t16-/m0/s1. The maximum absolute atomic E-state index is 9.48. The van der Waals surface area contributed by atoms with E-state index < -0.39 is 0 Å². The van der Waals surface area contributed by atoms with Gasteiger partial charge in [0, 0.05) is 24.3 Å². The lowest BCUT2D eigenvalue weighted by molar-refractivity contribution is 0.282. The van der Waals surface area contributed by atoms with Crippen LogP contribution in [0.5, 0.6) is 0 Å². The molecule has 30 heavy (non-hydrogen) atoms. The molecule has 0 unspecified atom stereocenters. The SMILES string of the molecule is C[C@H]1CCCN1c1cccc(Nc2cc(-c3cccc(CO)c3)cn3ncnc23)n1. The van der Waals surface area contributed by atoms with Crippen LogP contribution in [0.2, 0.25) is 0 Å². The Morgan fingerprint density at radius 2 is 2.03 bits per heavy atom. The summed E-state index contributed by atoms with van der Waals surface area (Å²) in [5.41, 5.74) is 4.43. The summed E-state index contributed by atoms with van der Waals surface area (Å²) in [5.74, 6) is 1.77. The van der Waals surface area contributed by atoms with Gasteiger partial charge in [-0.3, -0.25) is 0 Å². The van der Waals surface area contributed by atoms with Crippen molar-refractivity contribution in [1.29, 1.82) is 0 Å². The molecule has 0 aliphatic carbocycles. The van der Waals surface area contributed by atoms with E-state index in [0.717, 1.165) is 46.2 Å². The third-order valence-electron chi connectivity index (χ3n) is 5.66. The highest BCUT2D eigenvalue weighted by molar-refractivity contribution is 5.79. The summed E-state index contributed by atoms with van der Waals surface area (Å²) >= 11 is 0. The molecule has 0 saturated carbocycles. The minimum absolute atomic E-state index is 0.0101. The number of aliphatic hydroxyl groups excluding tert-OH is 1. The Labute approximate surface area is 175 Å². The van der Waals surface area contributed by atoms with Crippen LogP contribution in [-0.4, -0.2) is 37.3 Å². The van der Waals surface area contributed by atoms with Crippen LogP contribution in [0.15, 0.2) is 61.1 Å². The Morgan fingerprint density at radius 3 is 2.87 bits per heavy atom. The average Bonchev–Trinajstić information content (AvgIpc) is 3.43. The molecule has 0 radical (unpaired) electrons. The lowest BCUT2D eigenvalue weighted by Gasteiger charge is -2.23. The van der Waals surface area contributed by atoms with E-state index in [4.69, 9.17) is 4.98 Å². The molecule has 0 bridgehead atoms. The molecule has 5 rings (SSSR count). The summed E-state index contributed by atoms with van der Waals surface area (Å²) in [6, 6.07) is 16.5. The molecule has 4 aromatic rings. The van der Waals surface area contributed by atoms with Crippen LogP contribution >= 0.6 is 0 Å². The number of fused-ring (bicyclic) bond motifs is 1. The molecule has 7 heteroatoms. The molecule has 1 saturated heterocycles. The van der Waals surface area contributed by atoms with E-state index in [0.29, 0.717) is 6.04 Å². The van der Waals surface area contributed by atoms with Gasteiger partial charge in [0.1, 0.15) is 18.0 Å². The van der Waals surface area contributed by atoms with Crippen molar-refractivity contribution < 1.29 is 5.11 Å². The predicted molar refractivity (Wildman–Crippen MR) is 118 cm³/mol. The average molecular weight is 400 g/mol. The third-order valence-corrected chi connectivity index (χ3v) is 5.66. The second-order valence-corrected chi connectivity index (χ2v) is 7.72. The molecular weight excluding hydrogens is 376 g/mol. The molecule has 2 N–H and O–H groups in total. The number of benzene rings is 1. The number of nitrogens with zero attached hydrogens (tertiary/aromatic N) is 5. The first-order valence-electron chi connectivity index (χ1n) is 10.3. The molecule has 7 nitrogen and oxygen atoms in total. The molecule has 1 aliphatic rings. The van der Waals surface area contributed by atoms with Crippen molar-refractivity contribution in [2.24, 2.45) is 0 Å². The molecule has 1 atom stereocenters. The summed E-state index contributed by atoms with van der Waals surface area (Å²) in [6.07, 6.45) is 5.90. The van der Waals surface area contributed by atoms with Crippen LogP contribution in [0.4, 0.5) is 17.3 Å². The van der Waals surface area contributed by atoms with Crippen molar-refractivity contribution in [3.8, 4) is 11.1 Å². The van der Waals surface area contributed by atoms with Crippen molar-refractivity contribution in [1.82, 2.24) is 19.6 Å². The van der Waals surface area contributed by atoms with Gasteiger partial charge in [0.2, 0.25) is 0 Å². The second-order valence-electron chi connectivity index (χ2n) is 7.72. The van der Waals surface area contributed by atoms with E-state index in [-0.39, 0.29) is 6.61 Å². The number of rotatable bonds is 5. The molecule has 1 aromatic carbocycles. The minimum atomic E-state index is 0.0101. The molecule has 1 aliphatic heterocycles. The van der Waals surface area contributed by atoms with E-state index in [9.17, 15) is 5.11 Å². The van der Waals surface area contributed by atoms with Crippen LogP contribution in [0.3, 0.4) is 0 Å². The molecule has 0 spiro atoms. The van der Waals surface area contributed by atoms with E-state index in [2.05, 4.69) is 33.3 Å². The highest BCUT2D eigenvalue weighted by atomic mass is 16.3. The van der Waals surface area contributed by atoms with E-state index in [1.165, 1.54) is 12.8 Å². The highest BCUT2D eigenvalue weighted by Gasteiger charge is 2.21. The Bertz CT molecular complexity index is 1190. The number of nitrogens with one attached hydrogen (secondary N) is 1. The Kier molecular flexibility index (Phi) is 4.80. The van der Waals surface area contributed by atoms with Gasteiger partial charge >= 0.3 is 0 Å². The van der Waals surface area contributed by atoms with Gasteiger partial charge in [-0.15, -0.1) is 0 Å². The van der Waals surface area contributed by atoms with Crippen molar-refractivity contribution >= 4 is 23.0 Å². The van der Waals surface area contributed by atoms with Crippen molar-refractivity contribution in [3.63, 3.8) is 0 Å². The first kappa shape index (κ1) is 18.6. The molecule has 152 valence electrons. The summed E-state index contributed by atoms with van der Waals surface area (Å²) < 4.78 is 1.76. The van der Waals surface area contributed by atoms with Crippen LogP contribution in [0.1, 0.15) is 25.3 Å². The van der Waals surface area contributed by atoms with Crippen LogP contribution in [-0.2, 0) is 6.61 Å². The fourth-order valence-corrected chi connectivity index (χ4v) is 4.09. The first-order valence-corrected chi connectivity index (χ1v) is 10.3. The van der Waals surface area contributed by atoms with E-state index in [1.807, 2.05) is 48.7 Å². The number of aromatic nitrogens is 4. The molecule has 1 fully saturated rings. The molecular formula is C23H24N6O. The smallest absolute Gasteiger partial charge is 0.178 e. The van der Waals surface area contributed by atoms with Crippen molar-refractivity contribution in [2.75, 3.05) is 16.8 Å². The van der Waals surface area contributed by atoms with Gasteiger partial charge in [0.15, 0.2) is 5.65 Å². The summed E-state index contributed by atoms with van der Waals surface area (Å²) in [5, 5.41) is 17.2. The van der Waals surface area contributed by atoms with Gasteiger partial charge in [0.25, 0.3) is 0 Å². The van der Waals surface area contributed by atoms with Gasteiger partial charge in [-0.1, -0.05) is 24.3 Å². The van der Waals surface area contributed by atoms with Gasteiger partial charge in [-0.25, -0.2) is 14.5 Å². The van der Waals surface area contributed by atoms with Crippen LogP contribution < -0.4 is 10.2 Å².